The first-order valence-corrected chi connectivity index (χ1v) is 9.27. The zero-order valence-electron chi connectivity index (χ0n) is 12.4. The van der Waals surface area contributed by atoms with E-state index in [1.165, 1.54) is 10.9 Å². The minimum atomic E-state index is -0.275. The molecule has 0 fully saturated rings. The highest BCUT2D eigenvalue weighted by Gasteiger charge is 2.32. The van der Waals surface area contributed by atoms with Crippen LogP contribution >= 0.6 is 7.92 Å². The van der Waals surface area contributed by atoms with Crippen LogP contribution in [-0.4, -0.2) is 11.8 Å². The molecule has 106 valence electrons. The lowest BCUT2D eigenvalue weighted by molar-refractivity contribution is 0.833. The quantitative estimate of drug-likeness (QED) is 0.554. The second-order valence-electron chi connectivity index (χ2n) is 5.59. The Morgan fingerprint density at radius 2 is 1.43 bits per heavy atom. The van der Waals surface area contributed by atoms with Crippen LogP contribution in [0.25, 0.3) is 0 Å². The van der Waals surface area contributed by atoms with Gasteiger partial charge in [-0.3, -0.25) is 0 Å². The van der Waals surface area contributed by atoms with E-state index in [2.05, 4.69) is 91.6 Å². The van der Waals surface area contributed by atoms with Crippen molar-refractivity contribution < 1.29 is 0 Å². The molecule has 0 saturated carbocycles. The van der Waals surface area contributed by atoms with E-state index < -0.39 is 0 Å². The van der Waals surface area contributed by atoms with Gasteiger partial charge in [-0.25, -0.2) is 0 Å². The Labute approximate surface area is 129 Å². The molecule has 0 aliphatic heterocycles. The standard InChI is InChI=1S/C20H21P/c1-21(19-13-7-3-8-14-19)20(15-9-4-10-16-20)17-18-11-5-2-6-12-18/h2-3,5-16H,4,17H2,1H3. The maximum Gasteiger partial charge on any atom is 0.0341 e. The third-order valence-electron chi connectivity index (χ3n) is 4.18. The zero-order chi connectivity index (χ0) is 14.5. The Hall–Kier alpha value is -1.65. The maximum atomic E-state index is 2.44. The molecule has 2 aromatic carbocycles. The summed E-state index contributed by atoms with van der Waals surface area (Å²) in [5.41, 5.74) is 1.42. The van der Waals surface area contributed by atoms with E-state index in [9.17, 15) is 0 Å². The molecule has 3 rings (SSSR count). The molecule has 0 saturated heterocycles. The topological polar surface area (TPSA) is 0 Å². The summed E-state index contributed by atoms with van der Waals surface area (Å²) in [4.78, 5) is 0. The highest BCUT2D eigenvalue weighted by Crippen LogP contribution is 2.50. The molecule has 0 nitrogen and oxygen atoms in total. The molecule has 0 bridgehead atoms. The van der Waals surface area contributed by atoms with Crippen LogP contribution in [0.4, 0.5) is 0 Å². The number of hydrogen-bond donors (Lipinski definition) is 0. The third kappa shape index (κ3) is 3.17. The molecular formula is C20H21P. The van der Waals surface area contributed by atoms with Crippen LogP contribution in [0.1, 0.15) is 12.0 Å². The summed E-state index contributed by atoms with van der Waals surface area (Å²) in [5.74, 6) is 0. The smallest absolute Gasteiger partial charge is 0.0341 e. The van der Waals surface area contributed by atoms with Crippen LogP contribution in [0.5, 0.6) is 0 Å². The predicted molar refractivity (Wildman–Crippen MR) is 94.7 cm³/mol. The first-order valence-electron chi connectivity index (χ1n) is 7.48. The van der Waals surface area contributed by atoms with Gasteiger partial charge in [-0.1, -0.05) is 92.9 Å². The lowest BCUT2D eigenvalue weighted by Crippen LogP contribution is -2.29. The van der Waals surface area contributed by atoms with Gasteiger partial charge in [-0.15, -0.1) is 0 Å². The molecule has 0 N–H and O–H groups in total. The highest BCUT2D eigenvalue weighted by atomic mass is 31.1. The summed E-state index contributed by atoms with van der Waals surface area (Å²) in [5, 5.41) is 1.62. The highest BCUT2D eigenvalue weighted by molar-refractivity contribution is 7.66. The first kappa shape index (κ1) is 14.3. The lowest BCUT2D eigenvalue weighted by Gasteiger charge is -2.36. The van der Waals surface area contributed by atoms with Gasteiger partial charge in [0.2, 0.25) is 0 Å². The van der Waals surface area contributed by atoms with Crippen LogP contribution in [0.15, 0.2) is 85.0 Å². The van der Waals surface area contributed by atoms with Crippen LogP contribution < -0.4 is 5.30 Å². The summed E-state index contributed by atoms with van der Waals surface area (Å²) in [6.07, 6.45) is 11.7. The zero-order valence-corrected chi connectivity index (χ0v) is 13.3. The molecule has 0 amide bonds. The Bertz CT molecular complexity index is 613. The van der Waals surface area contributed by atoms with Crippen LogP contribution in [0.3, 0.4) is 0 Å². The molecule has 1 heteroatoms. The average molecular weight is 292 g/mol. The molecule has 1 unspecified atom stereocenters. The summed E-state index contributed by atoms with van der Waals surface area (Å²) in [7, 11) is -0.275. The van der Waals surface area contributed by atoms with Gasteiger partial charge >= 0.3 is 0 Å². The molecular weight excluding hydrogens is 271 g/mol. The molecule has 0 heterocycles. The molecule has 1 aliphatic rings. The van der Waals surface area contributed by atoms with E-state index in [-0.39, 0.29) is 13.1 Å². The largest absolute Gasteiger partial charge is 0.0835 e. The third-order valence-corrected chi connectivity index (χ3v) is 6.96. The van der Waals surface area contributed by atoms with Gasteiger partial charge in [-0.2, -0.15) is 0 Å². The summed E-state index contributed by atoms with van der Waals surface area (Å²) >= 11 is 0. The SMILES string of the molecule is CP(c1ccccc1)C1(Cc2ccccc2)C=CCC=C1. The van der Waals surface area contributed by atoms with Crippen molar-refractivity contribution in [1.29, 1.82) is 0 Å². The lowest BCUT2D eigenvalue weighted by atomic mass is 9.94. The molecule has 1 atom stereocenters. The number of hydrogen-bond acceptors (Lipinski definition) is 0. The Morgan fingerprint density at radius 3 is 2.05 bits per heavy atom. The predicted octanol–water partition coefficient (Wildman–Crippen LogP) is 4.92. The van der Waals surface area contributed by atoms with E-state index in [1.54, 1.807) is 0 Å². The van der Waals surface area contributed by atoms with Crippen LogP contribution in [0, 0.1) is 0 Å². The monoisotopic (exact) mass is 292 g/mol. The Balaban J connectivity index is 1.96. The van der Waals surface area contributed by atoms with Crippen molar-refractivity contribution in [2.75, 3.05) is 6.66 Å². The van der Waals surface area contributed by atoms with E-state index in [0.29, 0.717) is 0 Å². The number of benzene rings is 2. The summed E-state index contributed by atoms with van der Waals surface area (Å²) in [6, 6.07) is 21.8. The fourth-order valence-corrected chi connectivity index (χ4v) is 5.13. The van der Waals surface area contributed by atoms with Crippen molar-refractivity contribution in [2.45, 2.75) is 18.0 Å². The van der Waals surface area contributed by atoms with Gasteiger partial charge in [0, 0.05) is 5.16 Å². The fourth-order valence-electron chi connectivity index (χ4n) is 2.95. The molecule has 0 radical (unpaired) electrons. The van der Waals surface area contributed by atoms with Gasteiger partial charge in [0.1, 0.15) is 0 Å². The second kappa shape index (κ2) is 6.41. The van der Waals surface area contributed by atoms with Crippen LogP contribution in [0.2, 0.25) is 0 Å². The molecule has 0 aromatic heterocycles. The van der Waals surface area contributed by atoms with Crippen LogP contribution in [-0.2, 0) is 6.42 Å². The normalized spacial score (nSPS) is 17.6. The van der Waals surface area contributed by atoms with Gasteiger partial charge in [0.05, 0.1) is 0 Å². The Morgan fingerprint density at radius 1 is 0.857 bits per heavy atom. The number of rotatable bonds is 4. The van der Waals surface area contributed by atoms with Gasteiger partial charge in [-0.05, 0) is 30.4 Å². The van der Waals surface area contributed by atoms with Crippen molar-refractivity contribution in [3.8, 4) is 0 Å². The van der Waals surface area contributed by atoms with Crippen molar-refractivity contribution in [2.24, 2.45) is 0 Å². The molecule has 2 aromatic rings. The minimum Gasteiger partial charge on any atom is -0.0835 e. The average Bonchev–Trinajstić information content (AvgIpc) is 2.57. The first-order chi connectivity index (χ1) is 10.3. The fraction of sp³-hybridized carbons (Fsp3) is 0.200. The van der Waals surface area contributed by atoms with E-state index >= 15 is 0 Å². The van der Waals surface area contributed by atoms with Crippen molar-refractivity contribution in [1.82, 2.24) is 0 Å². The summed E-state index contributed by atoms with van der Waals surface area (Å²) < 4.78 is 0. The van der Waals surface area contributed by atoms with E-state index in [0.717, 1.165) is 12.8 Å². The Kier molecular flexibility index (Phi) is 4.36. The molecule has 21 heavy (non-hydrogen) atoms. The van der Waals surface area contributed by atoms with Crippen molar-refractivity contribution >= 4 is 13.2 Å². The second-order valence-corrected chi connectivity index (χ2v) is 8.06. The molecule has 0 spiro atoms. The van der Waals surface area contributed by atoms with Crippen molar-refractivity contribution in [3.05, 3.63) is 90.5 Å². The van der Waals surface area contributed by atoms with Gasteiger partial charge < -0.3 is 0 Å². The summed E-state index contributed by atoms with van der Waals surface area (Å²) in [6.45, 7) is 2.41. The van der Waals surface area contributed by atoms with E-state index in [1.807, 2.05) is 0 Å². The minimum absolute atomic E-state index is 0.149. The van der Waals surface area contributed by atoms with Crippen molar-refractivity contribution in [3.63, 3.8) is 0 Å². The maximum absolute atomic E-state index is 2.44. The molecule has 1 aliphatic carbocycles. The van der Waals surface area contributed by atoms with E-state index in [4.69, 9.17) is 0 Å². The number of allylic oxidation sites excluding steroid dienone is 4. The van der Waals surface area contributed by atoms with Gasteiger partial charge in [0.15, 0.2) is 0 Å². The van der Waals surface area contributed by atoms with Gasteiger partial charge in [0.25, 0.3) is 0 Å².